The molecule has 0 bridgehead atoms. The molecule has 1 aromatic rings. The highest BCUT2D eigenvalue weighted by Crippen LogP contribution is 2.33. The third-order valence-corrected chi connectivity index (χ3v) is 2.93. The van der Waals surface area contributed by atoms with Gasteiger partial charge in [-0.25, -0.2) is 0 Å². The van der Waals surface area contributed by atoms with Gasteiger partial charge in [0.25, 0.3) is 0 Å². The molecule has 1 heterocycles. The van der Waals surface area contributed by atoms with Crippen molar-refractivity contribution >= 4 is 5.69 Å². The van der Waals surface area contributed by atoms with Gasteiger partial charge in [0.1, 0.15) is 0 Å². The van der Waals surface area contributed by atoms with E-state index < -0.39 is 0 Å². The van der Waals surface area contributed by atoms with Gasteiger partial charge < -0.3 is 10.0 Å². The number of hydrogen-bond acceptors (Lipinski definition) is 2. The summed E-state index contributed by atoms with van der Waals surface area (Å²) in [6.07, 6.45) is 0.659. The number of rotatable bonds is 1. The Bertz CT molecular complexity index is 307. The predicted octanol–water partition coefficient (Wildman–Crippen LogP) is 2.04. The van der Waals surface area contributed by atoms with Crippen LogP contribution in [0.1, 0.15) is 20.3 Å². The van der Waals surface area contributed by atoms with Gasteiger partial charge in [0.15, 0.2) is 0 Å². The van der Waals surface area contributed by atoms with Crippen LogP contribution in [-0.2, 0) is 0 Å². The van der Waals surface area contributed by atoms with Crippen LogP contribution in [0.5, 0.6) is 0 Å². The summed E-state index contributed by atoms with van der Waals surface area (Å²) in [6.45, 7) is 5.10. The Morgan fingerprint density at radius 1 is 1.29 bits per heavy atom. The molecule has 0 spiro atoms. The van der Waals surface area contributed by atoms with Gasteiger partial charge in [0, 0.05) is 17.8 Å². The van der Waals surface area contributed by atoms with Gasteiger partial charge in [-0.15, -0.1) is 0 Å². The fourth-order valence-electron chi connectivity index (χ4n) is 2.27. The van der Waals surface area contributed by atoms with E-state index in [4.69, 9.17) is 0 Å². The Kier molecular flexibility index (Phi) is 2.23. The largest absolute Gasteiger partial charge is 0.391 e. The highest BCUT2D eigenvalue weighted by atomic mass is 16.3. The molecule has 1 aliphatic rings. The van der Waals surface area contributed by atoms with Crippen LogP contribution < -0.4 is 4.90 Å². The van der Waals surface area contributed by atoms with Crippen LogP contribution in [0, 0.1) is 0 Å². The summed E-state index contributed by atoms with van der Waals surface area (Å²) in [5.74, 6) is 0. The summed E-state index contributed by atoms with van der Waals surface area (Å²) in [5, 5.41) is 9.65. The molecule has 14 heavy (non-hydrogen) atoms. The first kappa shape index (κ1) is 9.53. The van der Waals surface area contributed by atoms with E-state index in [1.165, 1.54) is 5.69 Å². The van der Waals surface area contributed by atoms with Gasteiger partial charge in [0.05, 0.1) is 6.10 Å². The Hall–Kier alpha value is -1.02. The first-order valence-corrected chi connectivity index (χ1v) is 5.10. The minimum atomic E-state index is -0.190. The zero-order valence-electron chi connectivity index (χ0n) is 8.77. The van der Waals surface area contributed by atoms with Crippen LogP contribution in [0.15, 0.2) is 30.3 Å². The molecule has 0 aliphatic carbocycles. The molecule has 0 aromatic heterocycles. The lowest BCUT2D eigenvalue weighted by Gasteiger charge is -2.33. The summed E-state index contributed by atoms with van der Waals surface area (Å²) in [7, 11) is 0. The molecule has 1 atom stereocenters. The molecule has 1 N–H and O–H groups in total. The molecular weight excluding hydrogens is 174 g/mol. The molecule has 1 fully saturated rings. The number of β-amino-alcohol motifs (C(OH)–C–C–N with tert-alkyl or cyclic N) is 1. The molecule has 1 aromatic carbocycles. The van der Waals surface area contributed by atoms with Crippen LogP contribution in [0.2, 0.25) is 0 Å². The van der Waals surface area contributed by atoms with Crippen molar-refractivity contribution in [3.8, 4) is 0 Å². The van der Waals surface area contributed by atoms with E-state index in [0.29, 0.717) is 0 Å². The summed E-state index contributed by atoms with van der Waals surface area (Å²) in [5.41, 5.74) is 1.27. The van der Waals surface area contributed by atoms with Crippen molar-refractivity contribution in [2.45, 2.75) is 31.9 Å². The van der Waals surface area contributed by atoms with Crippen molar-refractivity contribution in [3.63, 3.8) is 0 Å². The summed E-state index contributed by atoms with van der Waals surface area (Å²) >= 11 is 0. The van der Waals surface area contributed by atoms with Gasteiger partial charge >= 0.3 is 0 Å². The minimum absolute atomic E-state index is 0.0702. The number of benzene rings is 1. The SMILES string of the molecule is CC1(C)CC(O)CN1c1ccccc1. The van der Waals surface area contributed by atoms with Gasteiger partial charge in [-0.3, -0.25) is 0 Å². The minimum Gasteiger partial charge on any atom is -0.391 e. The zero-order chi connectivity index (χ0) is 10.2. The normalized spacial score (nSPS) is 25.4. The number of aliphatic hydroxyl groups excluding tert-OH is 1. The van der Waals surface area contributed by atoms with E-state index in [2.05, 4.69) is 30.9 Å². The lowest BCUT2D eigenvalue weighted by Crippen LogP contribution is -2.38. The van der Waals surface area contributed by atoms with Crippen LogP contribution >= 0.6 is 0 Å². The molecule has 0 radical (unpaired) electrons. The Balaban J connectivity index is 2.27. The average Bonchev–Trinajstić information content (AvgIpc) is 2.41. The van der Waals surface area contributed by atoms with Gasteiger partial charge in [-0.05, 0) is 32.4 Å². The lowest BCUT2D eigenvalue weighted by atomic mass is 10.0. The fourth-order valence-corrected chi connectivity index (χ4v) is 2.27. The molecule has 2 rings (SSSR count). The average molecular weight is 191 g/mol. The molecule has 1 saturated heterocycles. The third kappa shape index (κ3) is 1.62. The van der Waals surface area contributed by atoms with Gasteiger partial charge in [-0.1, -0.05) is 18.2 Å². The Morgan fingerprint density at radius 2 is 1.93 bits per heavy atom. The molecule has 0 amide bonds. The Morgan fingerprint density at radius 3 is 2.43 bits per heavy atom. The van der Waals surface area contributed by atoms with Crippen LogP contribution in [0.3, 0.4) is 0 Å². The maximum atomic E-state index is 9.65. The summed E-state index contributed by atoms with van der Waals surface area (Å²) in [6, 6.07) is 10.3. The van der Waals surface area contributed by atoms with Crippen molar-refractivity contribution in [2.75, 3.05) is 11.4 Å². The maximum absolute atomic E-state index is 9.65. The highest BCUT2D eigenvalue weighted by Gasteiger charge is 2.37. The zero-order valence-corrected chi connectivity index (χ0v) is 8.77. The fraction of sp³-hybridized carbons (Fsp3) is 0.500. The molecule has 2 nitrogen and oxygen atoms in total. The second-order valence-electron chi connectivity index (χ2n) is 4.62. The topological polar surface area (TPSA) is 23.5 Å². The summed E-state index contributed by atoms with van der Waals surface area (Å²) in [4.78, 5) is 2.28. The standard InChI is InChI=1S/C12H17NO/c1-12(2)8-11(14)9-13(12)10-6-4-3-5-7-10/h3-7,11,14H,8-9H2,1-2H3. The van der Waals surface area contributed by atoms with Gasteiger partial charge in [-0.2, -0.15) is 0 Å². The van der Waals surface area contributed by atoms with Crippen molar-refractivity contribution < 1.29 is 5.11 Å². The van der Waals surface area contributed by atoms with Crippen molar-refractivity contribution in [2.24, 2.45) is 0 Å². The number of para-hydroxylation sites is 1. The van der Waals surface area contributed by atoms with E-state index >= 15 is 0 Å². The quantitative estimate of drug-likeness (QED) is 0.734. The number of anilines is 1. The van der Waals surface area contributed by atoms with E-state index in [1.807, 2.05) is 18.2 Å². The van der Waals surface area contributed by atoms with Crippen molar-refractivity contribution in [3.05, 3.63) is 30.3 Å². The van der Waals surface area contributed by atoms with Crippen LogP contribution in [0.4, 0.5) is 5.69 Å². The third-order valence-electron chi connectivity index (χ3n) is 2.93. The lowest BCUT2D eigenvalue weighted by molar-refractivity contribution is 0.188. The number of nitrogens with zero attached hydrogens (tertiary/aromatic N) is 1. The monoisotopic (exact) mass is 191 g/mol. The van der Waals surface area contributed by atoms with Crippen LogP contribution in [-0.4, -0.2) is 23.3 Å². The van der Waals surface area contributed by atoms with E-state index in [9.17, 15) is 5.11 Å². The molecule has 0 saturated carbocycles. The van der Waals surface area contributed by atoms with E-state index in [-0.39, 0.29) is 11.6 Å². The second-order valence-corrected chi connectivity index (χ2v) is 4.62. The number of hydrogen-bond donors (Lipinski definition) is 1. The summed E-state index contributed by atoms with van der Waals surface area (Å²) < 4.78 is 0. The Labute approximate surface area is 85.2 Å². The molecule has 1 aliphatic heterocycles. The van der Waals surface area contributed by atoms with Crippen molar-refractivity contribution in [1.29, 1.82) is 0 Å². The molecular formula is C12H17NO. The predicted molar refractivity (Wildman–Crippen MR) is 58.5 cm³/mol. The number of aliphatic hydroxyl groups is 1. The molecule has 76 valence electrons. The first-order chi connectivity index (χ1) is 6.59. The van der Waals surface area contributed by atoms with E-state index in [0.717, 1.165) is 13.0 Å². The maximum Gasteiger partial charge on any atom is 0.0737 e. The highest BCUT2D eigenvalue weighted by molar-refractivity contribution is 5.50. The molecule has 1 unspecified atom stereocenters. The van der Waals surface area contributed by atoms with Crippen molar-refractivity contribution in [1.82, 2.24) is 0 Å². The second kappa shape index (κ2) is 3.28. The van der Waals surface area contributed by atoms with E-state index in [1.54, 1.807) is 0 Å². The smallest absolute Gasteiger partial charge is 0.0737 e. The van der Waals surface area contributed by atoms with Gasteiger partial charge in [0.2, 0.25) is 0 Å². The first-order valence-electron chi connectivity index (χ1n) is 5.10. The molecule has 2 heteroatoms. The van der Waals surface area contributed by atoms with Crippen LogP contribution in [0.25, 0.3) is 0 Å².